The van der Waals surface area contributed by atoms with Crippen molar-refractivity contribution in [1.29, 1.82) is 0 Å². The average molecular weight is 281 g/mol. The number of aromatic nitrogens is 2. The lowest BCUT2D eigenvalue weighted by molar-refractivity contribution is -0.126. The number of carbonyl (C=O) groups excluding carboxylic acids is 1. The Bertz CT molecular complexity index is 505. The summed E-state index contributed by atoms with van der Waals surface area (Å²) in [6.07, 6.45) is 4.07. The lowest BCUT2D eigenvalue weighted by Gasteiger charge is -2.34. The van der Waals surface area contributed by atoms with Crippen molar-refractivity contribution in [2.75, 3.05) is 18.5 Å². The highest BCUT2D eigenvalue weighted by atomic mass is 16.5. The van der Waals surface area contributed by atoms with Gasteiger partial charge in [0.2, 0.25) is 5.91 Å². The maximum absolute atomic E-state index is 12.5. The summed E-state index contributed by atoms with van der Waals surface area (Å²) >= 11 is 0. The summed E-state index contributed by atoms with van der Waals surface area (Å²) in [6.45, 7) is 3.47. The third-order valence-corrected chi connectivity index (χ3v) is 3.59. The summed E-state index contributed by atoms with van der Waals surface area (Å²) in [5.74, 6) is -0.382. The van der Waals surface area contributed by atoms with E-state index in [4.69, 9.17) is 15.7 Å². The van der Waals surface area contributed by atoms with Gasteiger partial charge < -0.3 is 21.0 Å². The molecule has 0 saturated carbocycles. The molecule has 1 amide bonds. The minimum Gasteiger partial charge on any atom is -0.409 e. The van der Waals surface area contributed by atoms with Crippen LogP contribution in [0.4, 0.5) is 5.69 Å². The van der Waals surface area contributed by atoms with E-state index >= 15 is 0 Å². The van der Waals surface area contributed by atoms with Crippen molar-refractivity contribution in [1.82, 2.24) is 9.78 Å². The fourth-order valence-corrected chi connectivity index (χ4v) is 2.27. The van der Waals surface area contributed by atoms with Gasteiger partial charge in [-0.2, -0.15) is 5.10 Å². The van der Waals surface area contributed by atoms with Crippen LogP contribution in [0.1, 0.15) is 19.8 Å². The van der Waals surface area contributed by atoms with Crippen molar-refractivity contribution in [3.8, 4) is 0 Å². The highest BCUT2D eigenvalue weighted by Crippen LogP contribution is 2.32. The Balaban J connectivity index is 2.18. The molecule has 4 N–H and O–H groups in total. The van der Waals surface area contributed by atoms with Gasteiger partial charge in [0, 0.05) is 26.0 Å². The molecule has 2 rings (SSSR count). The summed E-state index contributed by atoms with van der Waals surface area (Å²) in [4.78, 5) is 12.5. The van der Waals surface area contributed by atoms with E-state index in [-0.39, 0.29) is 11.7 Å². The predicted octanol–water partition coefficient (Wildman–Crippen LogP) is 0.385. The normalized spacial score (nSPS) is 18.8. The van der Waals surface area contributed by atoms with Crippen LogP contribution in [0.3, 0.4) is 0 Å². The van der Waals surface area contributed by atoms with Crippen LogP contribution in [0.2, 0.25) is 0 Å². The largest absolute Gasteiger partial charge is 0.409 e. The molecule has 0 bridgehead atoms. The van der Waals surface area contributed by atoms with Crippen molar-refractivity contribution < 1.29 is 14.7 Å². The van der Waals surface area contributed by atoms with E-state index in [1.165, 1.54) is 0 Å². The van der Waals surface area contributed by atoms with Crippen molar-refractivity contribution >= 4 is 17.4 Å². The summed E-state index contributed by atoms with van der Waals surface area (Å²) < 4.78 is 6.96. The Morgan fingerprint density at radius 3 is 2.90 bits per heavy atom. The summed E-state index contributed by atoms with van der Waals surface area (Å²) in [6, 6.07) is 0. The second-order valence-electron chi connectivity index (χ2n) is 4.72. The first kappa shape index (κ1) is 14.3. The molecule has 0 atom stereocenters. The minimum absolute atomic E-state index is 0.0822. The number of nitrogens with one attached hydrogen (secondary N) is 1. The number of hydrogen-bond acceptors (Lipinski definition) is 5. The predicted molar refractivity (Wildman–Crippen MR) is 72.4 cm³/mol. The first-order valence-electron chi connectivity index (χ1n) is 6.52. The summed E-state index contributed by atoms with van der Waals surface area (Å²) in [5.41, 5.74) is 5.30. The van der Waals surface area contributed by atoms with Crippen LogP contribution in [0, 0.1) is 5.41 Å². The van der Waals surface area contributed by atoms with Gasteiger partial charge in [-0.3, -0.25) is 9.48 Å². The van der Waals surface area contributed by atoms with Gasteiger partial charge in [0.1, 0.15) is 5.41 Å². The van der Waals surface area contributed by atoms with Crippen molar-refractivity contribution in [2.24, 2.45) is 16.3 Å². The molecule has 0 aliphatic carbocycles. The number of hydrogen-bond donors (Lipinski definition) is 3. The number of anilines is 1. The van der Waals surface area contributed by atoms with Gasteiger partial charge in [0.15, 0.2) is 5.84 Å². The second kappa shape index (κ2) is 5.91. The number of aryl methyl sites for hydroxylation is 1. The smallest absolute Gasteiger partial charge is 0.238 e. The Morgan fingerprint density at radius 2 is 2.35 bits per heavy atom. The molecule has 1 aromatic heterocycles. The van der Waals surface area contributed by atoms with E-state index in [0.29, 0.717) is 31.7 Å². The number of oxime groups is 1. The van der Waals surface area contributed by atoms with Gasteiger partial charge in [0.25, 0.3) is 0 Å². The van der Waals surface area contributed by atoms with E-state index < -0.39 is 5.41 Å². The van der Waals surface area contributed by atoms with Gasteiger partial charge in [-0.1, -0.05) is 5.16 Å². The molecule has 1 saturated heterocycles. The first-order valence-corrected chi connectivity index (χ1v) is 6.52. The number of nitrogens with two attached hydrogens (primary N) is 1. The van der Waals surface area contributed by atoms with Crippen LogP contribution in [0.15, 0.2) is 17.5 Å². The highest BCUT2D eigenvalue weighted by molar-refractivity contribution is 6.11. The number of amidine groups is 1. The Kier molecular flexibility index (Phi) is 4.23. The Morgan fingerprint density at radius 1 is 1.65 bits per heavy atom. The number of nitrogens with zero attached hydrogens (tertiary/aromatic N) is 3. The molecule has 1 aromatic rings. The third kappa shape index (κ3) is 2.60. The van der Waals surface area contributed by atoms with E-state index in [1.807, 2.05) is 6.92 Å². The van der Waals surface area contributed by atoms with Crippen molar-refractivity contribution in [3.05, 3.63) is 12.4 Å². The average Bonchev–Trinajstić information content (AvgIpc) is 2.94. The van der Waals surface area contributed by atoms with Crippen molar-refractivity contribution in [2.45, 2.75) is 26.3 Å². The van der Waals surface area contributed by atoms with E-state index in [1.54, 1.807) is 17.1 Å². The molecule has 1 aliphatic heterocycles. The van der Waals surface area contributed by atoms with Crippen LogP contribution < -0.4 is 11.1 Å². The molecule has 0 radical (unpaired) electrons. The molecular formula is C12H19N5O3. The lowest BCUT2D eigenvalue weighted by atomic mass is 9.78. The zero-order valence-corrected chi connectivity index (χ0v) is 11.4. The lowest BCUT2D eigenvalue weighted by Crippen LogP contribution is -2.50. The van der Waals surface area contributed by atoms with Gasteiger partial charge in [0.05, 0.1) is 11.9 Å². The second-order valence-corrected chi connectivity index (χ2v) is 4.72. The van der Waals surface area contributed by atoms with Crippen molar-refractivity contribution in [3.63, 3.8) is 0 Å². The van der Waals surface area contributed by atoms with Crippen LogP contribution in [0.25, 0.3) is 0 Å². The number of rotatable bonds is 4. The molecule has 2 heterocycles. The minimum atomic E-state index is -1.03. The molecule has 8 nitrogen and oxygen atoms in total. The maximum Gasteiger partial charge on any atom is 0.238 e. The van der Waals surface area contributed by atoms with Crippen LogP contribution in [-0.4, -0.2) is 39.9 Å². The Hall–Kier alpha value is -2.09. The first-order chi connectivity index (χ1) is 9.62. The zero-order valence-electron chi connectivity index (χ0n) is 11.4. The fraction of sp³-hybridized carbons (Fsp3) is 0.583. The van der Waals surface area contributed by atoms with E-state index in [9.17, 15) is 4.79 Å². The quantitative estimate of drug-likeness (QED) is 0.319. The van der Waals surface area contributed by atoms with Gasteiger partial charge >= 0.3 is 0 Å². The van der Waals surface area contributed by atoms with Crippen LogP contribution in [0.5, 0.6) is 0 Å². The maximum atomic E-state index is 12.5. The molecule has 0 spiro atoms. The number of ether oxygens (including phenoxy) is 1. The molecule has 110 valence electrons. The molecular weight excluding hydrogens is 262 g/mol. The number of amides is 1. The highest BCUT2D eigenvalue weighted by Gasteiger charge is 2.44. The molecule has 1 fully saturated rings. The zero-order chi connectivity index (χ0) is 14.6. The summed E-state index contributed by atoms with van der Waals surface area (Å²) in [7, 11) is 0. The number of carbonyl (C=O) groups is 1. The molecule has 0 unspecified atom stereocenters. The molecule has 8 heteroatoms. The third-order valence-electron chi connectivity index (χ3n) is 3.59. The van der Waals surface area contributed by atoms with Crippen LogP contribution >= 0.6 is 0 Å². The van der Waals surface area contributed by atoms with Gasteiger partial charge in [-0.25, -0.2) is 0 Å². The molecule has 1 aliphatic rings. The molecule has 0 aromatic carbocycles. The standard InChI is InChI=1S/C12H19N5O3/c1-2-17-8-9(7-14-17)15-11(18)12(10(13)16-19)3-5-20-6-4-12/h7-8,19H,2-6H2,1H3,(H2,13,16)(H,15,18). The van der Waals surface area contributed by atoms with Gasteiger partial charge in [-0.15, -0.1) is 0 Å². The monoisotopic (exact) mass is 281 g/mol. The van der Waals surface area contributed by atoms with Crippen LogP contribution in [-0.2, 0) is 16.1 Å². The topological polar surface area (TPSA) is 115 Å². The van der Waals surface area contributed by atoms with E-state index in [2.05, 4.69) is 15.6 Å². The summed E-state index contributed by atoms with van der Waals surface area (Å²) in [5, 5.41) is 18.8. The SMILES string of the molecule is CCn1cc(NC(=O)C2(C(N)=NO)CCOCC2)cn1. The Labute approximate surface area is 116 Å². The fourth-order valence-electron chi connectivity index (χ4n) is 2.27. The van der Waals surface area contributed by atoms with E-state index in [0.717, 1.165) is 6.54 Å². The molecule has 20 heavy (non-hydrogen) atoms. The van der Waals surface area contributed by atoms with Gasteiger partial charge in [-0.05, 0) is 19.8 Å².